The van der Waals surface area contributed by atoms with Crippen molar-refractivity contribution in [1.29, 1.82) is 0 Å². The van der Waals surface area contributed by atoms with E-state index in [1.807, 2.05) is 13.0 Å². The van der Waals surface area contributed by atoms with Crippen LogP contribution in [0.3, 0.4) is 0 Å². The lowest BCUT2D eigenvalue weighted by molar-refractivity contribution is 0.0906. The van der Waals surface area contributed by atoms with Crippen LogP contribution in [-0.4, -0.2) is 52.4 Å². The predicted molar refractivity (Wildman–Crippen MR) is 137 cm³/mol. The second-order valence-electron chi connectivity index (χ2n) is 9.14. The van der Waals surface area contributed by atoms with Crippen LogP contribution in [0.2, 0.25) is 0 Å². The predicted octanol–water partition coefficient (Wildman–Crippen LogP) is 3.98. The maximum atomic E-state index is 13.4. The molecule has 3 heterocycles. The van der Waals surface area contributed by atoms with E-state index < -0.39 is 0 Å². The van der Waals surface area contributed by atoms with Gasteiger partial charge < -0.3 is 10.6 Å². The summed E-state index contributed by atoms with van der Waals surface area (Å²) in [6, 6.07) is 13.4. The molecular formula is C28H30FN5O2. The van der Waals surface area contributed by atoms with E-state index in [1.165, 1.54) is 18.3 Å². The third-order valence-electron chi connectivity index (χ3n) is 6.09. The number of piperidine rings is 1. The molecule has 0 unspecified atom stereocenters. The van der Waals surface area contributed by atoms with Crippen molar-refractivity contribution in [2.45, 2.75) is 32.4 Å². The molecule has 0 spiro atoms. The van der Waals surface area contributed by atoms with Crippen molar-refractivity contribution in [3.05, 3.63) is 95.7 Å². The number of pyridine rings is 2. The molecule has 1 saturated heterocycles. The maximum absolute atomic E-state index is 13.4. The molecule has 0 atom stereocenters. The van der Waals surface area contributed by atoms with Crippen LogP contribution >= 0.6 is 0 Å². The van der Waals surface area contributed by atoms with Crippen molar-refractivity contribution < 1.29 is 14.0 Å². The third kappa shape index (κ3) is 6.82. The Morgan fingerprint density at radius 3 is 2.39 bits per heavy atom. The van der Waals surface area contributed by atoms with Crippen LogP contribution in [0, 0.1) is 5.82 Å². The lowest BCUT2D eigenvalue weighted by atomic mass is 10.0. The number of halogens is 1. The molecule has 7 nitrogen and oxygen atoms in total. The summed E-state index contributed by atoms with van der Waals surface area (Å²) in [6.07, 6.45) is 4.80. The number of nitrogens with zero attached hydrogens (tertiary/aromatic N) is 3. The minimum Gasteiger partial charge on any atom is -0.349 e. The lowest BCUT2D eigenvalue weighted by Gasteiger charge is -2.32. The quantitative estimate of drug-likeness (QED) is 0.470. The van der Waals surface area contributed by atoms with Gasteiger partial charge in [0.1, 0.15) is 5.82 Å². The Labute approximate surface area is 210 Å². The van der Waals surface area contributed by atoms with Crippen molar-refractivity contribution in [1.82, 2.24) is 25.5 Å². The van der Waals surface area contributed by atoms with Crippen LogP contribution < -0.4 is 10.6 Å². The van der Waals surface area contributed by atoms with Gasteiger partial charge in [0.25, 0.3) is 11.8 Å². The molecule has 1 fully saturated rings. The van der Waals surface area contributed by atoms with E-state index in [2.05, 4.69) is 32.1 Å². The fraction of sp³-hybridized carbons (Fsp3) is 0.286. The summed E-state index contributed by atoms with van der Waals surface area (Å²) in [5, 5.41) is 5.90. The SMILES string of the molecule is C=C(C)CNC(=O)c1ccc(CN2CCC(NC(=O)c3ccc(-c4cccc(F)c4)nc3)CC2)nc1. The van der Waals surface area contributed by atoms with Crippen molar-refractivity contribution in [3.8, 4) is 11.3 Å². The molecule has 0 radical (unpaired) electrons. The number of likely N-dealkylation sites (tertiary alicyclic amines) is 1. The number of amides is 2. The van der Waals surface area contributed by atoms with Crippen molar-refractivity contribution in [3.63, 3.8) is 0 Å². The largest absolute Gasteiger partial charge is 0.349 e. The van der Waals surface area contributed by atoms with Crippen LogP contribution in [0.15, 0.2) is 73.1 Å². The molecule has 0 bridgehead atoms. The molecule has 36 heavy (non-hydrogen) atoms. The van der Waals surface area contributed by atoms with Crippen molar-refractivity contribution in [2.75, 3.05) is 19.6 Å². The van der Waals surface area contributed by atoms with Crippen molar-refractivity contribution >= 4 is 11.8 Å². The maximum Gasteiger partial charge on any atom is 0.253 e. The highest BCUT2D eigenvalue weighted by molar-refractivity contribution is 5.94. The molecule has 8 heteroatoms. The van der Waals surface area contributed by atoms with E-state index in [1.54, 1.807) is 36.5 Å². The summed E-state index contributed by atoms with van der Waals surface area (Å²) < 4.78 is 13.4. The Kier molecular flexibility index (Phi) is 8.17. The van der Waals surface area contributed by atoms with Gasteiger partial charge in [-0.1, -0.05) is 24.3 Å². The molecule has 4 rings (SSSR count). The molecule has 0 aliphatic carbocycles. The van der Waals surface area contributed by atoms with Gasteiger partial charge in [0.2, 0.25) is 0 Å². The fourth-order valence-electron chi connectivity index (χ4n) is 4.07. The molecule has 0 saturated carbocycles. The van der Waals surface area contributed by atoms with Crippen LogP contribution in [0.4, 0.5) is 4.39 Å². The van der Waals surface area contributed by atoms with Gasteiger partial charge in [-0.15, -0.1) is 0 Å². The summed E-state index contributed by atoms with van der Waals surface area (Å²) in [5.74, 6) is -0.640. The zero-order valence-corrected chi connectivity index (χ0v) is 20.3. The van der Waals surface area contributed by atoms with Crippen LogP contribution in [0.1, 0.15) is 46.2 Å². The monoisotopic (exact) mass is 487 g/mol. The van der Waals surface area contributed by atoms with Gasteiger partial charge in [-0.2, -0.15) is 0 Å². The minimum absolute atomic E-state index is 0.0870. The van der Waals surface area contributed by atoms with Gasteiger partial charge in [0, 0.05) is 50.2 Å². The Bertz CT molecular complexity index is 1220. The molecule has 3 aromatic rings. The number of rotatable bonds is 8. The highest BCUT2D eigenvalue weighted by Gasteiger charge is 2.22. The normalized spacial score (nSPS) is 14.3. The van der Waals surface area contributed by atoms with Gasteiger partial charge in [0.05, 0.1) is 22.5 Å². The number of aromatic nitrogens is 2. The average molecular weight is 488 g/mol. The Balaban J connectivity index is 1.23. The molecule has 2 N–H and O–H groups in total. The first-order chi connectivity index (χ1) is 17.4. The average Bonchev–Trinajstić information content (AvgIpc) is 2.89. The minimum atomic E-state index is -0.322. The van der Waals surface area contributed by atoms with E-state index in [0.29, 0.717) is 35.5 Å². The molecule has 1 aromatic carbocycles. The summed E-state index contributed by atoms with van der Waals surface area (Å²) in [7, 11) is 0. The van der Waals surface area contributed by atoms with E-state index in [-0.39, 0.29) is 23.7 Å². The van der Waals surface area contributed by atoms with Gasteiger partial charge in [-0.3, -0.25) is 24.5 Å². The number of carbonyl (C=O) groups is 2. The molecule has 2 aromatic heterocycles. The third-order valence-corrected chi connectivity index (χ3v) is 6.09. The van der Waals surface area contributed by atoms with Crippen LogP contribution in [0.5, 0.6) is 0 Å². The van der Waals surface area contributed by atoms with E-state index in [9.17, 15) is 14.0 Å². The Morgan fingerprint density at radius 2 is 1.75 bits per heavy atom. The molecule has 2 amide bonds. The van der Waals surface area contributed by atoms with E-state index in [0.717, 1.165) is 37.2 Å². The summed E-state index contributed by atoms with van der Waals surface area (Å²) >= 11 is 0. The number of hydrogen-bond donors (Lipinski definition) is 2. The standard InChI is InChI=1S/C28H30FN5O2/c1-19(2)15-32-27(35)21-6-8-25(30-16-21)18-34-12-10-24(11-13-34)33-28(36)22-7-9-26(31-17-22)20-4-3-5-23(29)14-20/h3-9,14,16-17,24H,1,10-13,15,18H2,2H3,(H,32,35)(H,33,36). The Morgan fingerprint density at radius 1 is 1.03 bits per heavy atom. The highest BCUT2D eigenvalue weighted by Crippen LogP contribution is 2.19. The summed E-state index contributed by atoms with van der Waals surface area (Å²) in [5.41, 5.74) is 4.09. The second kappa shape index (κ2) is 11.7. The van der Waals surface area contributed by atoms with Gasteiger partial charge in [0.15, 0.2) is 0 Å². The number of nitrogens with one attached hydrogen (secondary N) is 2. The summed E-state index contributed by atoms with van der Waals surface area (Å²) in [6.45, 7) is 8.46. The highest BCUT2D eigenvalue weighted by atomic mass is 19.1. The summed E-state index contributed by atoms with van der Waals surface area (Å²) in [4.78, 5) is 35.9. The van der Waals surface area contributed by atoms with Gasteiger partial charge >= 0.3 is 0 Å². The number of hydrogen-bond acceptors (Lipinski definition) is 5. The van der Waals surface area contributed by atoms with E-state index in [4.69, 9.17) is 0 Å². The van der Waals surface area contributed by atoms with Crippen LogP contribution in [0.25, 0.3) is 11.3 Å². The second-order valence-corrected chi connectivity index (χ2v) is 9.14. The van der Waals surface area contributed by atoms with Gasteiger partial charge in [-0.05, 0) is 56.2 Å². The first-order valence-corrected chi connectivity index (χ1v) is 12.0. The van der Waals surface area contributed by atoms with Crippen LogP contribution in [-0.2, 0) is 6.54 Å². The zero-order chi connectivity index (χ0) is 25.5. The first-order valence-electron chi connectivity index (χ1n) is 12.0. The van der Waals surface area contributed by atoms with Crippen molar-refractivity contribution in [2.24, 2.45) is 0 Å². The fourth-order valence-corrected chi connectivity index (χ4v) is 4.07. The molecule has 186 valence electrons. The van der Waals surface area contributed by atoms with Gasteiger partial charge in [-0.25, -0.2) is 4.39 Å². The number of benzene rings is 1. The van der Waals surface area contributed by atoms with E-state index >= 15 is 0 Å². The smallest absolute Gasteiger partial charge is 0.253 e. The topological polar surface area (TPSA) is 87.2 Å². The molecule has 1 aliphatic heterocycles. The molecule has 1 aliphatic rings. The Hall–Kier alpha value is -3.91. The molecular weight excluding hydrogens is 457 g/mol. The first kappa shape index (κ1) is 25.2. The zero-order valence-electron chi connectivity index (χ0n) is 20.3. The number of carbonyl (C=O) groups excluding carboxylic acids is 2. The lowest BCUT2D eigenvalue weighted by Crippen LogP contribution is -2.44.